The van der Waals surface area contributed by atoms with E-state index in [0.29, 0.717) is 17.0 Å². The van der Waals surface area contributed by atoms with Crippen LogP contribution in [0.1, 0.15) is 20.4 Å². The molecule has 0 radical (unpaired) electrons. The van der Waals surface area contributed by atoms with E-state index in [-0.39, 0.29) is 5.91 Å². The zero-order chi connectivity index (χ0) is 18.8. The number of aryl methyl sites for hydroxylation is 1. The lowest BCUT2D eigenvalue weighted by Crippen LogP contribution is -2.24. The number of carbonyl (C=O) groups is 1. The van der Waals surface area contributed by atoms with Gasteiger partial charge in [-0.25, -0.2) is 4.98 Å². The Morgan fingerprint density at radius 1 is 1.26 bits per heavy atom. The van der Waals surface area contributed by atoms with Crippen molar-refractivity contribution in [3.05, 3.63) is 74.4 Å². The fourth-order valence-corrected chi connectivity index (χ4v) is 4.57. The third-order valence-corrected chi connectivity index (χ3v) is 6.16. The van der Waals surface area contributed by atoms with Crippen LogP contribution in [-0.2, 0) is 6.54 Å². The summed E-state index contributed by atoms with van der Waals surface area (Å²) in [6.07, 6.45) is 1.64. The number of aromatic nitrogens is 3. The average Bonchev–Trinajstić information content (AvgIpc) is 3.40. The molecule has 27 heavy (non-hydrogen) atoms. The molecule has 2 N–H and O–H groups in total. The SMILES string of the molecule is Cc1nc(-c2ccc(CNC(=O)c3c[nH]c(=S)n3-c3ccccc3)s2)cs1. The zero-order valence-corrected chi connectivity index (χ0v) is 16.9. The molecule has 0 saturated carbocycles. The van der Waals surface area contributed by atoms with Crippen LogP contribution in [0.2, 0.25) is 0 Å². The maximum atomic E-state index is 12.7. The van der Waals surface area contributed by atoms with E-state index in [1.54, 1.807) is 33.4 Å². The van der Waals surface area contributed by atoms with E-state index in [1.807, 2.05) is 49.4 Å². The van der Waals surface area contributed by atoms with Crippen molar-refractivity contribution in [2.24, 2.45) is 0 Å². The molecule has 1 aromatic carbocycles. The molecule has 3 aromatic heterocycles. The highest BCUT2D eigenvalue weighted by atomic mass is 32.1. The number of benzene rings is 1. The van der Waals surface area contributed by atoms with Crippen LogP contribution in [0.15, 0.2) is 54.0 Å². The number of thiazole rings is 1. The zero-order valence-electron chi connectivity index (χ0n) is 14.4. The molecule has 0 unspecified atom stereocenters. The highest BCUT2D eigenvalue weighted by Gasteiger charge is 2.14. The molecule has 0 atom stereocenters. The first-order valence-electron chi connectivity index (χ1n) is 8.27. The summed E-state index contributed by atoms with van der Waals surface area (Å²) in [5.74, 6) is -0.175. The minimum absolute atomic E-state index is 0.175. The van der Waals surface area contributed by atoms with E-state index in [0.717, 1.165) is 26.1 Å². The molecule has 3 heterocycles. The Labute approximate surface area is 169 Å². The quantitative estimate of drug-likeness (QED) is 0.456. The van der Waals surface area contributed by atoms with Crippen molar-refractivity contribution < 1.29 is 4.79 Å². The number of hydrogen-bond donors (Lipinski definition) is 2. The molecule has 0 aliphatic carbocycles. The molecule has 0 aliphatic rings. The predicted octanol–water partition coefficient (Wildman–Crippen LogP) is 4.96. The number of nitrogens with zero attached hydrogens (tertiary/aromatic N) is 2. The van der Waals surface area contributed by atoms with Crippen LogP contribution in [0.3, 0.4) is 0 Å². The van der Waals surface area contributed by atoms with E-state index < -0.39 is 0 Å². The van der Waals surface area contributed by atoms with E-state index in [1.165, 1.54) is 0 Å². The molecular formula is C19H16N4OS3. The van der Waals surface area contributed by atoms with Gasteiger partial charge in [-0.15, -0.1) is 22.7 Å². The standard InChI is InChI=1S/C19H16N4OS3/c1-12-22-15(11-26-12)17-8-7-14(27-17)9-20-18(24)16-10-21-19(25)23(16)13-5-3-2-4-6-13/h2-8,10-11H,9H2,1H3,(H,20,24)(H,21,25). The summed E-state index contributed by atoms with van der Waals surface area (Å²) in [6, 6.07) is 13.7. The first-order valence-corrected chi connectivity index (χ1v) is 10.4. The van der Waals surface area contributed by atoms with Crippen molar-refractivity contribution in [1.82, 2.24) is 19.9 Å². The summed E-state index contributed by atoms with van der Waals surface area (Å²) in [4.78, 5) is 22.3. The third kappa shape index (κ3) is 3.78. The van der Waals surface area contributed by atoms with Gasteiger partial charge in [-0.05, 0) is 43.4 Å². The number of thiophene rings is 1. The molecule has 0 spiro atoms. The number of H-pyrrole nitrogens is 1. The molecule has 8 heteroatoms. The summed E-state index contributed by atoms with van der Waals surface area (Å²) >= 11 is 8.61. The van der Waals surface area contributed by atoms with E-state index >= 15 is 0 Å². The topological polar surface area (TPSA) is 62.7 Å². The summed E-state index contributed by atoms with van der Waals surface area (Å²) in [5, 5.41) is 6.08. The average molecular weight is 413 g/mol. The van der Waals surface area contributed by atoms with Crippen molar-refractivity contribution in [3.8, 4) is 16.3 Å². The lowest BCUT2D eigenvalue weighted by Gasteiger charge is -2.08. The Morgan fingerprint density at radius 2 is 2.07 bits per heavy atom. The lowest BCUT2D eigenvalue weighted by molar-refractivity contribution is 0.0944. The van der Waals surface area contributed by atoms with Crippen molar-refractivity contribution in [1.29, 1.82) is 0 Å². The Bertz CT molecular complexity index is 1140. The minimum atomic E-state index is -0.175. The van der Waals surface area contributed by atoms with Crippen LogP contribution in [0.4, 0.5) is 0 Å². The van der Waals surface area contributed by atoms with Gasteiger partial charge in [0.1, 0.15) is 5.69 Å². The number of amides is 1. The minimum Gasteiger partial charge on any atom is -0.346 e. The summed E-state index contributed by atoms with van der Waals surface area (Å²) < 4.78 is 2.23. The Kier molecular flexibility index (Phi) is 5.02. The molecular weight excluding hydrogens is 396 g/mol. The maximum Gasteiger partial charge on any atom is 0.270 e. The Hall–Kier alpha value is -2.55. The fraction of sp³-hybridized carbons (Fsp3) is 0.105. The number of aromatic amines is 1. The van der Waals surface area contributed by atoms with E-state index in [4.69, 9.17) is 12.2 Å². The van der Waals surface area contributed by atoms with Crippen LogP contribution in [0, 0.1) is 11.7 Å². The molecule has 5 nitrogen and oxygen atoms in total. The first-order chi connectivity index (χ1) is 13.1. The van der Waals surface area contributed by atoms with E-state index in [2.05, 4.69) is 20.7 Å². The van der Waals surface area contributed by atoms with Crippen molar-refractivity contribution in [2.75, 3.05) is 0 Å². The summed E-state index contributed by atoms with van der Waals surface area (Å²) in [7, 11) is 0. The first kappa shape index (κ1) is 17.8. The molecule has 1 amide bonds. The van der Waals surface area contributed by atoms with Crippen LogP contribution in [-0.4, -0.2) is 20.4 Å². The molecule has 0 aliphatic heterocycles. The van der Waals surface area contributed by atoms with Crippen molar-refractivity contribution >= 4 is 40.8 Å². The van der Waals surface area contributed by atoms with E-state index in [9.17, 15) is 4.79 Å². The van der Waals surface area contributed by atoms with Crippen LogP contribution < -0.4 is 5.32 Å². The molecule has 0 bridgehead atoms. The summed E-state index contributed by atoms with van der Waals surface area (Å²) in [5.41, 5.74) is 2.33. The number of hydrogen-bond acceptors (Lipinski definition) is 5. The second-order valence-corrected chi connectivity index (χ2v) is 8.47. The van der Waals surface area contributed by atoms with Gasteiger partial charge in [0.05, 0.1) is 22.1 Å². The highest BCUT2D eigenvalue weighted by molar-refractivity contribution is 7.71. The Balaban J connectivity index is 1.50. The molecule has 0 fully saturated rings. The lowest BCUT2D eigenvalue weighted by atomic mass is 10.3. The number of imidazole rings is 1. The van der Waals surface area contributed by atoms with Gasteiger partial charge in [-0.1, -0.05) is 18.2 Å². The molecule has 0 saturated heterocycles. The van der Waals surface area contributed by atoms with Gasteiger partial charge >= 0.3 is 0 Å². The summed E-state index contributed by atoms with van der Waals surface area (Å²) in [6.45, 7) is 2.45. The molecule has 4 rings (SSSR count). The number of nitrogens with one attached hydrogen (secondary N) is 2. The van der Waals surface area contributed by atoms with Crippen LogP contribution >= 0.6 is 34.9 Å². The van der Waals surface area contributed by atoms with Crippen molar-refractivity contribution in [2.45, 2.75) is 13.5 Å². The third-order valence-electron chi connectivity index (χ3n) is 3.98. The number of carbonyl (C=O) groups excluding carboxylic acids is 1. The Morgan fingerprint density at radius 3 is 2.81 bits per heavy atom. The number of para-hydroxylation sites is 1. The second-order valence-electron chi connectivity index (χ2n) is 5.85. The normalized spacial score (nSPS) is 10.9. The van der Waals surface area contributed by atoms with Crippen molar-refractivity contribution in [3.63, 3.8) is 0 Å². The fourth-order valence-electron chi connectivity index (χ4n) is 2.71. The number of rotatable bonds is 5. The van der Waals surface area contributed by atoms with Gasteiger partial charge in [-0.2, -0.15) is 0 Å². The van der Waals surface area contributed by atoms with Crippen LogP contribution in [0.25, 0.3) is 16.3 Å². The van der Waals surface area contributed by atoms with Crippen LogP contribution in [0.5, 0.6) is 0 Å². The van der Waals surface area contributed by atoms with Gasteiger partial charge in [0, 0.05) is 22.1 Å². The van der Waals surface area contributed by atoms with Gasteiger partial charge in [0.25, 0.3) is 5.91 Å². The largest absolute Gasteiger partial charge is 0.346 e. The highest BCUT2D eigenvalue weighted by Crippen LogP contribution is 2.29. The molecule has 136 valence electrons. The van der Waals surface area contributed by atoms with Gasteiger partial charge in [0.15, 0.2) is 4.77 Å². The van der Waals surface area contributed by atoms with Gasteiger partial charge < -0.3 is 10.3 Å². The monoisotopic (exact) mass is 412 g/mol. The smallest absolute Gasteiger partial charge is 0.270 e. The molecule has 4 aromatic rings. The maximum absolute atomic E-state index is 12.7. The second kappa shape index (κ2) is 7.59. The predicted molar refractivity (Wildman–Crippen MR) is 112 cm³/mol. The van der Waals surface area contributed by atoms with Gasteiger partial charge in [0.2, 0.25) is 0 Å². The van der Waals surface area contributed by atoms with Gasteiger partial charge in [-0.3, -0.25) is 9.36 Å².